The van der Waals surface area contributed by atoms with Gasteiger partial charge in [-0.25, -0.2) is 9.97 Å². The number of aryl methyl sites for hydroxylation is 2. The van der Waals surface area contributed by atoms with Crippen LogP contribution < -0.4 is 0 Å². The highest BCUT2D eigenvalue weighted by Crippen LogP contribution is 2.61. The first-order chi connectivity index (χ1) is 14.3. The van der Waals surface area contributed by atoms with E-state index in [0.29, 0.717) is 16.4 Å². The molecular formula is C22H25ClN6O. The number of nitrogens with one attached hydrogen (secondary N) is 1. The summed E-state index contributed by atoms with van der Waals surface area (Å²) >= 11 is 6.10. The molecule has 2 bridgehead atoms. The van der Waals surface area contributed by atoms with Crippen LogP contribution in [0.2, 0.25) is 5.02 Å². The summed E-state index contributed by atoms with van der Waals surface area (Å²) in [7, 11) is 3.87. The molecule has 7 nitrogen and oxygen atoms in total. The normalized spacial score (nSPS) is 25.1. The van der Waals surface area contributed by atoms with Crippen LogP contribution in [0.5, 0.6) is 0 Å². The molecule has 1 N–H and O–H groups in total. The number of halogens is 1. The fraction of sp³-hybridized carbons (Fsp3) is 0.455. The molecule has 3 fully saturated rings. The van der Waals surface area contributed by atoms with Gasteiger partial charge in [-0.05, 0) is 50.8 Å². The molecule has 30 heavy (non-hydrogen) atoms. The van der Waals surface area contributed by atoms with Gasteiger partial charge in [0.25, 0.3) is 5.91 Å². The number of carbonyl (C=O) groups excluding carboxylic acids is 1. The minimum Gasteiger partial charge on any atom is -0.336 e. The summed E-state index contributed by atoms with van der Waals surface area (Å²) in [5.74, 6) is 1.64. The van der Waals surface area contributed by atoms with E-state index in [2.05, 4.69) is 15.2 Å². The molecule has 6 rings (SSSR count). The lowest BCUT2D eigenvalue weighted by atomic mass is 9.49. The lowest BCUT2D eigenvalue weighted by Crippen LogP contribution is -2.66. The maximum Gasteiger partial charge on any atom is 0.254 e. The largest absolute Gasteiger partial charge is 0.336 e. The van der Waals surface area contributed by atoms with Crippen LogP contribution in [0, 0.1) is 6.92 Å². The van der Waals surface area contributed by atoms with E-state index in [1.54, 1.807) is 18.5 Å². The molecule has 1 amide bonds. The molecule has 3 aliphatic rings. The van der Waals surface area contributed by atoms with Crippen LogP contribution in [0.25, 0.3) is 11.5 Å². The van der Waals surface area contributed by atoms with Gasteiger partial charge < -0.3 is 9.47 Å². The quantitative estimate of drug-likeness (QED) is 0.688. The third kappa shape index (κ3) is 2.79. The summed E-state index contributed by atoms with van der Waals surface area (Å²) in [6.45, 7) is 1.97. The SMILES string of the molecule is Cc1ncn(C)c1-c1n[nH]c(C23CCCC(N(C)C(=O)c4cccc(Cl)c4)(C2)C3)n1. The van der Waals surface area contributed by atoms with Gasteiger partial charge in [0.05, 0.1) is 12.0 Å². The van der Waals surface area contributed by atoms with Gasteiger partial charge in [0.2, 0.25) is 0 Å². The van der Waals surface area contributed by atoms with Crippen molar-refractivity contribution in [3.8, 4) is 11.5 Å². The average Bonchev–Trinajstić information content (AvgIpc) is 3.33. The van der Waals surface area contributed by atoms with Gasteiger partial charge in [-0.3, -0.25) is 9.89 Å². The second kappa shape index (κ2) is 6.67. The monoisotopic (exact) mass is 424 g/mol. The van der Waals surface area contributed by atoms with Crippen molar-refractivity contribution in [2.45, 2.75) is 50.0 Å². The van der Waals surface area contributed by atoms with Crippen LogP contribution in [0.3, 0.4) is 0 Å². The smallest absolute Gasteiger partial charge is 0.254 e. The van der Waals surface area contributed by atoms with Gasteiger partial charge in [0.1, 0.15) is 11.5 Å². The third-order valence-corrected chi connectivity index (χ3v) is 7.27. The highest BCUT2D eigenvalue weighted by molar-refractivity contribution is 6.30. The van der Waals surface area contributed by atoms with Gasteiger partial charge in [-0.1, -0.05) is 24.1 Å². The van der Waals surface area contributed by atoms with Gasteiger partial charge in [-0.15, -0.1) is 0 Å². The summed E-state index contributed by atoms with van der Waals surface area (Å²) in [5.41, 5.74) is 2.31. The Balaban J connectivity index is 1.39. The van der Waals surface area contributed by atoms with Crippen LogP contribution in [0.15, 0.2) is 30.6 Å². The maximum absolute atomic E-state index is 13.1. The van der Waals surface area contributed by atoms with Crippen molar-refractivity contribution in [1.82, 2.24) is 29.6 Å². The maximum atomic E-state index is 13.1. The Bertz CT molecular complexity index is 1110. The predicted octanol–water partition coefficient (Wildman–Crippen LogP) is 3.89. The zero-order valence-electron chi connectivity index (χ0n) is 17.4. The molecule has 0 radical (unpaired) electrons. The summed E-state index contributed by atoms with van der Waals surface area (Å²) < 4.78 is 1.95. The van der Waals surface area contributed by atoms with Crippen molar-refractivity contribution in [1.29, 1.82) is 0 Å². The van der Waals surface area contributed by atoms with Crippen LogP contribution >= 0.6 is 11.6 Å². The van der Waals surface area contributed by atoms with Crippen LogP contribution in [0.1, 0.15) is 54.0 Å². The minimum atomic E-state index is -0.132. The molecule has 2 heterocycles. The molecule has 156 valence electrons. The molecule has 0 saturated heterocycles. The summed E-state index contributed by atoms with van der Waals surface area (Å²) in [4.78, 5) is 24.3. The number of aromatic nitrogens is 5. The van der Waals surface area contributed by atoms with Gasteiger partial charge >= 0.3 is 0 Å². The molecule has 3 saturated carbocycles. The van der Waals surface area contributed by atoms with Crippen molar-refractivity contribution < 1.29 is 4.79 Å². The number of benzene rings is 1. The number of amides is 1. The Morgan fingerprint density at radius 2 is 2.10 bits per heavy atom. The standard InChI is InChI=1S/C22H25ClN6O/c1-14-17(28(2)13-24-14)18-25-20(27-26-18)21-8-5-9-22(11-21,12-21)29(3)19(30)15-6-4-7-16(23)10-15/h4,6-7,10,13H,5,8-9,11-12H2,1-3H3,(H,25,26,27). The zero-order chi connectivity index (χ0) is 21.1. The highest BCUT2D eigenvalue weighted by Gasteiger charge is 2.62. The third-order valence-electron chi connectivity index (χ3n) is 7.04. The molecule has 0 aliphatic heterocycles. The summed E-state index contributed by atoms with van der Waals surface area (Å²) in [6, 6.07) is 7.18. The fourth-order valence-electron chi connectivity index (χ4n) is 5.51. The van der Waals surface area contributed by atoms with Gasteiger partial charge in [0, 0.05) is 35.6 Å². The van der Waals surface area contributed by atoms with Gasteiger partial charge in [0.15, 0.2) is 5.82 Å². The number of H-pyrrole nitrogens is 1. The van der Waals surface area contributed by atoms with E-state index in [-0.39, 0.29) is 16.9 Å². The molecule has 3 aromatic rings. The average molecular weight is 425 g/mol. The molecule has 0 unspecified atom stereocenters. The first kappa shape index (κ1) is 19.3. The topological polar surface area (TPSA) is 79.7 Å². The molecule has 0 spiro atoms. The minimum absolute atomic E-state index is 0.0248. The van der Waals surface area contributed by atoms with Crippen LogP contribution in [0.4, 0.5) is 0 Å². The molecule has 1 aromatic carbocycles. The molecule has 2 aromatic heterocycles. The number of nitrogens with zero attached hydrogens (tertiary/aromatic N) is 5. The number of carbonyl (C=O) groups is 1. The van der Waals surface area contributed by atoms with Crippen molar-refractivity contribution in [3.05, 3.63) is 52.7 Å². The van der Waals surface area contributed by atoms with E-state index in [9.17, 15) is 4.79 Å². The molecule has 3 aliphatic carbocycles. The Labute approximate surface area is 180 Å². The second-order valence-corrected chi connectivity index (χ2v) is 9.32. The predicted molar refractivity (Wildman–Crippen MR) is 114 cm³/mol. The summed E-state index contributed by atoms with van der Waals surface area (Å²) in [5, 5.41) is 8.27. The lowest BCUT2D eigenvalue weighted by molar-refractivity contribution is -0.0614. The Hall–Kier alpha value is -2.67. The fourth-order valence-corrected chi connectivity index (χ4v) is 5.70. The van der Waals surface area contributed by atoms with Crippen molar-refractivity contribution in [3.63, 3.8) is 0 Å². The van der Waals surface area contributed by atoms with Crippen molar-refractivity contribution in [2.24, 2.45) is 7.05 Å². The molecule has 8 heteroatoms. The van der Waals surface area contributed by atoms with E-state index in [0.717, 1.165) is 49.3 Å². The van der Waals surface area contributed by atoms with Crippen LogP contribution in [-0.2, 0) is 12.5 Å². The zero-order valence-corrected chi connectivity index (χ0v) is 18.2. The number of rotatable bonds is 4. The van der Waals surface area contributed by atoms with Crippen molar-refractivity contribution >= 4 is 17.5 Å². The molecule has 0 atom stereocenters. The number of hydrogen-bond acceptors (Lipinski definition) is 4. The Kier molecular flexibility index (Phi) is 4.29. The van der Waals surface area contributed by atoms with Crippen LogP contribution in [-0.4, -0.2) is 48.1 Å². The Morgan fingerprint density at radius 1 is 1.30 bits per heavy atom. The van der Waals surface area contributed by atoms with E-state index >= 15 is 0 Å². The number of imidazole rings is 1. The van der Waals surface area contributed by atoms with E-state index in [1.807, 2.05) is 42.6 Å². The Morgan fingerprint density at radius 3 is 2.80 bits per heavy atom. The first-order valence-corrected chi connectivity index (χ1v) is 10.7. The van der Waals surface area contributed by atoms with E-state index in [4.69, 9.17) is 16.6 Å². The number of hydrogen-bond donors (Lipinski definition) is 1. The summed E-state index contributed by atoms with van der Waals surface area (Å²) in [6.07, 6.45) is 6.73. The number of fused-ring (bicyclic) bond motifs is 2. The van der Waals surface area contributed by atoms with Gasteiger partial charge in [-0.2, -0.15) is 5.10 Å². The van der Waals surface area contributed by atoms with E-state index < -0.39 is 0 Å². The highest BCUT2D eigenvalue weighted by atomic mass is 35.5. The molecular weight excluding hydrogens is 400 g/mol. The second-order valence-electron chi connectivity index (χ2n) is 8.88. The number of aromatic amines is 1. The van der Waals surface area contributed by atoms with Crippen molar-refractivity contribution in [2.75, 3.05) is 7.05 Å². The lowest BCUT2D eigenvalue weighted by Gasteiger charge is -2.63. The first-order valence-electron chi connectivity index (χ1n) is 10.3. The van der Waals surface area contributed by atoms with E-state index in [1.165, 1.54) is 0 Å².